The fourth-order valence-corrected chi connectivity index (χ4v) is 1.52. The Morgan fingerprint density at radius 3 is 3.07 bits per heavy atom. The first-order valence-electron chi connectivity index (χ1n) is 4.74. The number of anilines is 2. The molecule has 0 aliphatic carbocycles. The van der Waals surface area contributed by atoms with Gasteiger partial charge in [-0.3, -0.25) is 4.79 Å². The van der Waals surface area contributed by atoms with Gasteiger partial charge in [-0.15, -0.1) is 0 Å². The van der Waals surface area contributed by atoms with Crippen LogP contribution in [-0.2, 0) is 4.79 Å². The molecule has 4 nitrogen and oxygen atoms in total. The third-order valence-corrected chi connectivity index (χ3v) is 2.32. The zero-order valence-corrected chi connectivity index (χ0v) is 8.29. The Bertz CT molecular complexity index is 376. The van der Waals surface area contributed by atoms with Crippen LogP contribution in [0.2, 0.25) is 0 Å². The van der Waals surface area contributed by atoms with Crippen LogP contribution in [0.1, 0.15) is 18.9 Å². The molecular formula is C10H13N3O. The van der Waals surface area contributed by atoms with E-state index in [-0.39, 0.29) is 11.9 Å². The van der Waals surface area contributed by atoms with Crippen molar-refractivity contribution >= 4 is 17.4 Å². The van der Waals surface area contributed by atoms with Crippen LogP contribution in [0.25, 0.3) is 0 Å². The van der Waals surface area contributed by atoms with Gasteiger partial charge in [-0.2, -0.15) is 0 Å². The topological polar surface area (TPSA) is 54.0 Å². The Balaban J connectivity index is 2.35. The number of nitrogens with one attached hydrogen (secondary N) is 2. The van der Waals surface area contributed by atoms with Crippen molar-refractivity contribution in [1.29, 1.82) is 0 Å². The van der Waals surface area contributed by atoms with Crippen LogP contribution in [0.5, 0.6) is 0 Å². The summed E-state index contributed by atoms with van der Waals surface area (Å²) in [6, 6.07) is 1.76. The van der Waals surface area contributed by atoms with E-state index in [9.17, 15) is 4.79 Å². The van der Waals surface area contributed by atoms with Crippen molar-refractivity contribution in [2.24, 2.45) is 0 Å². The molecule has 0 bridgehead atoms. The Hall–Kier alpha value is -1.58. The average molecular weight is 191 g/mol. The number of aromatic nitrogens is 1. The lowest BCUT2D eigenvalue weighted by molar-refractivity contribution is -0.117. The predicted octanol–water partition coefficient (Wildman–Crippen LogP) is 1.53. The van der Waals surface area contributed by atoms with Crippen molar-refractivity contribution in [2.75, 3.05) is 10.6 Å². The summed E-state index contributed by atoms with van der Waals surface area (Å²) < 4.78 is 0. The van der Waals surface area contributed by atoms with Gasteiger partial charge in [0.2, 0.25) is 5.91 Å². The second-order valence-corrected chi connectivity index (χ2v) is 3.50. The summed E-state index contributed by atoms with van der Waals surface area (Å²) in [7, 11) is 0. The predicted molar refractivity (Wildman–Crippen MR) is 55.3 cm³/mol. The quantitative estimate of drug-likeness (QED) is 0.707. The number of hydrogen-bond donors (Lipinski definition) is 2. The molecular weight excluding hydrogens is 178 g/mol. The number of carbonyl (C=O) groups is 1. The lowest BCUT2D eigenvalue weighted by Gasteiger charge is -2.24. The molecule has 0 spiro atoms. The minimum Gasteiger partial charge on any atom is -0.357 e. The maximum Gasteiger partial charge on any atom is 0.246 e. The van der Waals surface area contributed by atoms with E-state index < -0.39 is 0 Å². The van der Waals surface area contributed by atoms with Gasteiger partial charge in [0, 0.05) is 6.20 Å². The van der Waals surface area contributed by atoms with Crippen LogP contribution in [0.3, 0.4) is 0 Å². The van der Waals surface area contributed by atoms with E-state index in [4.69, 9.17) is 0 Å². The van der Waals surface area contributed by atoms with Crippen LogP contribution in [0.4, 0.5) is 11.5 Å². The maximum atomic E-state index is 11.5. The molecule has 0 aromatic carbocycles. The normalized spacial score (nSPS) is 19.6. The Labute approximate surface area is 82.7 Å². The van der Waals surface area contributed by atoms with Crippen molar-refractivity contribution in [3.8, 4) is 0 Å². The smallest absolute Gasteiger partial charge is 0.246 e. The molecule has 4 heteroatoms. The first kappa shape index (κ1) is 8.99. The van der Waals surface area contributed by atoms with Gasteiger partial charge in [-0.25, -0.2) is 4.98 Å². The largest absolute Gasteiger partial charge is 0.357 e. The van der Waals surface area contributed by atoms with Crippen molar-refractivity contribution < 1.29 is 4.79 Å². The summed E-state index contributed by atoms with van der Waals surface area (Å²) in [4.78, 5) is 15.7. The van der Waals surface area contributed by atoms with Crippen LogP contribution < -0.4 is 10.6 Å². The molecule has 74 valence electrons. The molecule has 0 fully saturated rings. The van der Waals surface area contributed by atoms with Gasteiger partial charge in [0.1, 0.15) is 11.9 Å². The van der Waals surface area contributed by atoms with E-state index >= 15 is 0 Å². The highest BCUT2D eigenvalue weighted by Crippen LogP contribution is 2.25. The van der Waals surface area contributed by atoms with Gasteiger partial charge in [0.05, 0.1) is 5.69 Å². The first-order chi connectivity index (χ1) is 6.70. The lowest BCUT2D eigenvalue weighted by Crippen LogP contribution is -2.38. The molecule has 0 saturated heterocycles. The highest BCUT2D eigenvalue weighted by atomic mass is 16.2. The SMILES string of the molecule is CCC1Nc2ncc(C)cc2NC1=O. The summed E-state index contributed by atoms with van der Waals surface area (Å²) in [5.74, 6) is 0.787. The zero-order valence-electron chi connectivity index (χ0n) is 8.29. The Morgan fingerprint density at radius 1 is 1.57 bits per heavy atom. The number of aryl methyl sites for hydroxylation is 1. The molecule has 1 aliphatic heterocycles. The molecule has 1 aromatic rings. The van der Waals surface area contributed by atoms with Crippen molar-refractivity contribution in [3.63, 3.8) is 0 Å². The second kappa shape index (κ2) is 3.29. The van der Waals surface area contributed by atoms with E-state index in [1.165, 1.54) is 0 Å². The number of pyridine rings is 1. The number of fused-ring (bicyclic) bond motifs is 1. The van der Waals surface area contributed by atoms with Crippen molar-refractivity contribution in [1.82, 2.24) is 4.98 Å². The van der Waals surface area contributed by atoms with Crippen LogP contribution in [0, 0.1) is 6.92 Å². The molecule has 2 rings (SSSR count). The zero-order chi connectivity index (χ0) is 10.1. The van der Waals surface area contributed by atoms with Crippen LogP contribution in [-0.4, -0.2) is 16.9 Å². The molecule has 1 unspecified atom stereocenters. The monoisotopic (exact) mass is 191 g/mol. The third kappa shape index (κ3) is 1.43. The summed E-state index contributed by atoms with van der Waals surface area (Å²) in [5.41, 5.74) is 1.82. The minimum atomic E-state index is -0.155. The standard InChI is InChI=1S/C10H13N3O/c1-3-7-10(14)13-8-4-6(2)5-11-9(8)12-7/h4-5,7H,3H2,1-2H3,(H,11,12)(H,13,14). The lowest BCUT2D eigenvalue weighted by atomic mass is 10.1. The van der Waals surface area contributed by atoms with Crippen LogP contribution >= 0.6 is 0 Å². The Morgan fingerprint density at radius 2 is 2.36 bits per heavy atom. The number of rotatable bonds is 1. The third-order valence-electron chi connectivity index (χ3n) is 2.32. The Kier molecular flexibility index (Phi) is 2.11. The average Bonchev–Trinajstić information content (AvgIpc) is 2.16. The molecule has 0 radical (unpaired) electrons. The molecule has 1 atom stereocenters. The maximum absolute atomic E-state index is 11.5. The van der Waals surface area contributed by atoms with Gasteiger partial charge in [-0.05, 0) is 25.0 Å². The van der Waals surface area contributed by atoms with Crippen molar-refractivity contribution in [3.05, 3.63) is 17.8 Å². The van der Waals surface area contributed by atoms with Gasteiger partial charge in [-0.1, -0.05) is 6.92 Å². The van der Waals surface area contributed by atoms with E-state index in [2.05, 4.69) is 15.6 Å². The van der Waals surface area contributed by atoms with Crippen LogP contribution in [0.15, 0.2) is 12.3 Å². The number of nitrogens with zero attached hydrogens (tertiary/aromatic N) is 1. The summed E-state index contributed by atoms with van der Waals surface area (Å²) in [6.07, 6.45) is 2.55. The molecule has 2 heterocycles. The van der Waals surface area contributed by atoms with Crippen molar-refractivity contribution in [2.45, 2.75) is 26.3 Å². The number of amides is 1. The fourth-order valence-electron chi connectivity index (χ4n) is 1.52. The second-order valence-electron chi connectivity index (χ2n) is 3.50. The van der Waals surface area contributed by atoms with E-state index in [1.54, 1.807) is 6.20 Å². The highest BCUT2D eigenvalue weighted by Gasteiger charge is 2.24. The molecule has 1 amide bonds. The molecule has 14 heavy (non-hydrogen) atoms. The molecule has 1 aromatic heterocycles. The fraction of sp³-hybridized carbons (Fsp3) is 0.400. The molecule has 2 N–H and O–H groups in total. The van der Waals surface area contributed by atoms with Gasteiger partial charge in [0.25, 0.3) is 0 Å². The number of carbonyl (C=O) groups excluding carboxylic acids is 1. The van der Waals surface area contributed by atoms with E-state index in [0.717, 1.165) is 23.5 Å². The van der Waals surface area contributed by atoms with E-state index in [0.29, 0.717) is 0 Å². The highest BCUT2D eigenvalue weighted by molar-refractivity contribution is 6.02. The van der Waals surface area contributed by atoms with Gasteiger partial charge < -0.3 is 10.6 Å². The van der Waals surface area contributed by atoms with Gasteiger partial charge >= 0.3 is 0 Å². The summed E-state index contributed by atoms with van der Waals surface area (Å²) in [6.45, 7) is 3.92. The van der Waals surface area contributed by atoms with Gasteiger partial charge in [0.15, 0.2) is 0 Å². The summed E-state index contributed by atoms with van der Waals surface area (Å²) in [5, 5.41) is 5.94. The van der Waals surface area contributed by atoms with E-state index in [1.807, 2.05) is 19.9 Å². The molecule has 1 aliphatic rings. The first-order valence-corrected chi connectivity index (χ1v) is 4.74. The minimum absolute atomic E-state index is 0.0207. The summed E-state index contributed by atoms with van der Waals surface area (Å²) >= 11 is 0. The molecule has 0 saturated carbocycles. The number of hydrogen-bond acceptors (Lipinski definition) is 3.